The maximum atomic E-state index is 12.2. The van der Waals surface area contributed by atoms with Crippen LogP contribution < -0.4 is 16.2 Å². The first-order chi connectivity index (χ1) is 11.8. The fourth-order valence-corrected chi connectivity index (χ4v) is 2.42. The van der Waals surface area contributed by atoms with E-state index in [9.17, 15) is 24.9 Å². The van der Waals surface area contributed by atoms with Crippen molar-refractivity contribution >= 4 is 17.7 Å². The van der Waals surface area contributed by atoms with E-state index in [1.807, 2.05) is 0 Å². The van der Waals surface area contributed by atoms with Gasteiger partial charge in [-0.05, 0) is 12.1 Å². The van der Waals surface area contributed by atoms with Gasteiger partial charge in [-0.2, -0.15) is 0 Å². The number of aliphatic hydroxyl groups excluding tert-OH is 3. The van der Waals surface area contributed by atoms with Crippen LogP contribution in [0.1, 0.15) is 6.92 Å². The van der Waals surface area contributed by atoms with Crippen LogP contribution in [-0.2, 0) is 14.3 Å². The quantitative estimate of drug-likeness (QED) is 0.247. The van der Waals surface area contributed by atoms with Crippen LogP contribution in [0, 0.1) is 0 Å². The number of benzene rings is 1. The Morgan fingerprint density at radius 3 is 2.48 bits per heavy atom. The van der Waals surface area contributed by atoms with E-state index in [2.05, 4.69) is 5.32 Å². The molecular weight excluding hydrogens is 334 g/mol. The second-order valence-electron chi connectivity index (χ2n) is 5.52. The van der Waals surface area contributed by atoms with E-state index in [4.69, 9.17) is 15.3 Å². The monoisotopic (exact) mass is 355 g/mol. The smallest absolute Gasteiger partial charge is 0.416 e. The summed E-state index contributed by atoms with van der Waals surface area (Å²) in [7, 11) is 0. The highest BCUT2D eigenvalue weighted by Crippen LogP contribution is 2.23. The van der Waals surface area contributed by atoms with Crippen LogP contribution in [-0.4, -0.2) is 64.6 Å². The number of carbonyl (C=O) groups excluding carboxylic acids is 2. The predicted octanol–water partition coefficient (Wildman–Crippen LogP) is -1.55. The summed E-state index contributed by atoms with van der Waals surface area (Å²) in [6.07, 6.45) is -6.65. The third-order valence-electron chi connectivity index (χ3n) is 3.70. The van der Waals surface area contributed by atoms with Crippen molar-refractivity contribution in [3.63, 3.8) is 0 Å². The van der Waals surface area contributed by atoms with Crippen molar-refractivity contribution in [2.75, 3.05) is 11.6 Å². The SMILES string of the molecule is CC(=O)N[C@H]1C(OC(=O)N(N)c2ccccc2)O[C@H](CO)[C@@H](O)[C@@H]1O. The third-order valence-corrected chi connectivity index (χ3v) is 3.70. The van der Waals surface area contributed by atoms with E-state index in [1.165, 1.54) is 6.92 Å². The first-order valence-corrected chi connectivity index (χ1v) is 7.55. The van der Waals surface area contributed by atoms with Gasteiger partial charge in [-0.3, -0.25) is 4.79 Å². The van der Waals surface area contributed by atoms with Gasteiger partial charge in [0.1, 0.15) is 24.4 Å². The number of hydrogen-bond donors (Lipinski definition) is 5. The number of ether oxygens (including phenoxy) is 2. The molecule has 25 heavy (non-hydrogen) atoms. The summed E-state index contributed by atoms with van der Waals surface area (Å²) in [5.41, 5.74) is 0.346. The molecule has 10 heteroatoms. The number of aliphatic hydroxyl groups is 3. The van der Waals surface area contributed by atoms with Gasteiger partial charge < -0.3 is 30.1 Å². The molecule has 0 aliphatic carbocycles. The lowest BCUT2D eigenvalue weighted by atomic mass is 9.97. The van der Waals surface area contributed by atoms with Gasteiger partial charge in [-0.15, -0.1) is 0 Å². The molecule has 1 aromatic rings. The van der Waals surface area contributed by atoms with Crippen molar-refractivity contribution in [2.45, 2.75) is 37.6 Å². The van der Waals surface area contributed by atoms with Gasteiger partial charge in [0.2, 0.25) is 12.2 Å². The van der Waals surface area contributed by atoms with Crippen LogP contribution in [0.4, 0.5) is 10.5 Å². The van der Waals surface area contributed by atoms with Crippen LogP contribution >= 0.6 is 0 Å². The van der Waals surface area contributed by atoms with Crippen molar-refractivity contribution in [1.29, 1.82) is 0 Å². The minimum atomic E-state index is -1.52. The highest BCUT2D eigenvalue weighted by Gasteiger charge is 2.47. The predicted molar refractivity (Wildman–Crippen MR) is 85.0 cm³/mol. The van der Waals surface area contributed by atoms with Crippen molar-refractivity contribution in [1.82, 2.24) is 5.32 Å². The van der Waals surface area contributed by atoms with Crippen molar-refractivity contribution in [3.8, 4) is 0 Å². The Morgan fingerprint density at radius 1 is 1.28 bits per heavy atom. The summed E-state index contributed by atoms with van der Waals surface area (Å²) in [4.78, 5) is 23.5. The molecule has 1 aliphatic rings. The number of nitrogens with zero attached hydrogens (tertiary/aromatic N) is 1. The lowest BCUT2D eigenvalue weighted by Crippen LogP contribution is -2.65. The lowest BCUT2D eigenvalue weighted by molar-refractivity contribution is -0.252. The molecule has 10 nitrogen and oxygen atoms in total. The van der Waals surface area contributed by atoms with Gasteiger partial charge in [-0.1, -0.05) is 18.2 Å². The normalized spacial score (nSPS) is 28.9. The standard InChI is InChI=1S/C15H21N3O7/c1-8(20)17-11-13(22)12(21)10(7-19)24-14(11)25-15(23)18(16)9-5-3-2-4-6-9/h2-6,10-14,19,21-22H,7,16H2,1H3,(H,17,20)/t10-,11-,12-,13-,14?/m1/s1. The Balaban J connectivity index is 2.15. The summed E-state index contributed by atoms with van der Waals surface area (Å²) in [5, 5.41) is 32.3. The van der Waals surface area contributed by atoms with Crippen LogP contribution in [0.15, 0.2) is 30.3 Å². The number of anilines is 1. The van der Waals surface area contributed by atoms with Gasteiger partial charge in [0.25, 0.3) is 0 Å². The first kappa shape index (κ1) is 19.1. The molecule has 0 bridgehead atoms. The van der Waals surface area contributed by atoms with E-state index < -0.39 is 49.3 Å². The zero-order chi connectivity index (χ0) is 18.6. The van der Waals surface area contributed by atoms with E-state index in [0.29, 0.717) is 5.69 Å². The van der Waals surface area contributed by atoms with Gasteiger partial charge in [-0.25, -0.2) is 15.6 Å². The molecule has 6 N–H and O–H groups in total. The van der Waals surface area contributed by atoms with Crippen molar-refractivity contribution in [3.05, 3.63) is 30.3 Å². The van der Waals surface area contributed by atoms with Crippen LogP contribution in [0.25, 0.3) is 0 Å². The molecule has 138 valence electrons. The van der Waals surface area contributed by atoms with E-state index in [0.717, 1.165) is 5.01 Å². The summed E-state index contributed by atoms with van der Waals surface area (Å²) >= 11 is 0. The average Bonchev–Trinajstić information content (AvgIpc) is 2.60. The molecule has 0 radical (unpaired) electrons. The molecule has 1 aromatic carbocycles. The topological polar surface area (TPSA) is 155 Å². The highest BCUT2D eigenvalue weighted by molar-refractivity contribution is 5.86. The third kappa shape index (κ3) is 4.44. The van der Waals surface area contributed by atoms with Gasteiger partial charge >= 0.3 is 6.09 Å². The number of nitrogens with one attached hydrogen (secondary N) is 1. The molecule has 1 fully saturated rings. The fourth-order valence-electron chi connectivity index (χ4n) is 2.42. The van der Waals surface area contributed by atoms with Crippen molar-refractivity contribution in [2.24, 2.45) is 5.84 Å². The summed E-state index contributed by atoms with van der Waals surface area (Å²) < 4.78 is 10.4. The van der Waals surface area contributed by atoms with Crippen molar-refractivity contribution < 1.29 is 34.4 Å². The zero-order valence-electron chi connectivity index (χ0n) is 13.5. The van der Waals surface area contributed by atoms with E-state index >= 15 is 0 Å². The second-order valence-corrected chi connectivity index (χ2v) is 5.52. The minimum absolute atomic E-state index is 0.346. The zero-order valence-corrected chi connectivity index (χ0v) is 13.5. The number of amides is 2. The summed E-state index contributed by atoms with van der Waals surface area (Å²) in [5.74, 6) is 5.15. The van der Waals surface area contributed by atoms with E-state index in [-0.39, 0.29) is 0 Å². The van der Waals surface area contributed by atoms with Crippen LogP contribution in [0.3, 0.4) is 0 Å². The molecule has 0 spiro atoms. The first-order valence-electron chi connectivity index (χ1n) is 7.55. The van der Waals surface area contributed by atoms with Crippen LogP contribution in [0.2, 0.25) is 0 Å². The fraction of sp³-hybridized carbons (Fsp3) is 0.467. The molecule has 2 amide bonds. The minimum Gasteiger partial charge on any atom is -0.416 e. The maximum Gasteiger partial charge on any atom is 0.431 e. The molecule has 1 unspecified atom stereocenters. The number of nitrogens with two attached hydrogens (primary N) is 1. The van der Waals surface area contributed by atoms with E-state index in [1.54, 1.807) is 30.3 Å². The van der Waals surface area contributed by atoms with Crippen LogP contribution in [0.5, 0.6) is 0 Å². The van der Waals surface area contributed by atoms with Gasteiger partial charge in [0.05, 0.1) is 12.3 Å². The molecule has 1 saturated heterocycles. The van der Waals surface area contributed by atoms with Gasteiger partial charge in [0.15, 0.2) is 0 Å². The maximum absolute atomic E-state index is 12.2. The summed E-state index contributed by atoms with van der Waals surface area (Å²) in [6, 6.07) is 6.99. The molecule has 0 saturated carbocycles. The second kappa shape index (κ2) is 8.23. The molecule has 1 heterocycles. The van der Waals surface area contributed by atoms with Gasteiger partial charge in [0, 0.05) is 6.92 Å². The molecule has 2 rings (SSSR count). The Kier molecular flexibility index (Phi) is 6.28. The number of rotatable bonds is 4. The Hall–Kier alpha value is -2.24. The average molecular weight is 355 g/mol. The molecule has 1 aliphatic heterocycles. The largest absolute Gasteiger partial charge is 0.431 e. The summed E-state index contributed by atoms with van der Waals surface area (Å²) in [6.45, 7) is 0.569. The number of hydrogen-bond acceptors (Lipinski definition) is 8. The molecule has 5 atom stereocenters. The Labute approximate surface area is 143 Å². The molecular formula is C15H21N3O7. The Bertz CT molecular complexity index is 600. The lowest BCUT2D eigenvalue weighted by Gasteiger charge is -2.41. The molecule has 0 aromatic heterocycles. The number of para-hydroxylation sites is 1. The number of carbonyl (C=O) groups is 2. The number of hydrazine groups is 1. The highest BCUT2D eigenvalue weighted by atomic mass is 16.7. The Morgan fingerprint density at radius 2 is 1.92 bits per heavy atom.